The van der Waals surface area contributed by atoms with Crippen LogP contribution in [0.3, 0.4) is 0 Å². The summed E-state index contributed by atoms with van der Waals surface area (Å²) < 4.78 is 0. The molecular weight excluding hydrogens is 188 g/mol. The number of amides is 1. The fourth-order valence-electron chi connectivity index (χ4n) is 0.767. The highest BCUT2D eigenvalue weighted by atomic mass is 16.4. The molecule has 3 N–H and O–H groups in total. The first-order valence-corrected chi connectivity index (χ1v) is 3.93. The lowest BCUT2D eigenvalue weighted by atomic mass is 10.3. The molecule has 0 bridgehead atoms. The maximum atomic E-state index is 11.3. The highest BCUT2D eigenvalue weighted by molar-refractivity contribution is 5.93. The molecule has 76 valence electrons. The van der Waals surface area contributed by atoms with Crippen molar-refractivity contribution in [2.75, 3.05) is 0 Å². The van der Waals surface area contributed by atoms with Gasteiger partial charge < -0.3 is 10.4 Å². The number of nitrogens with zero attached hydrogens (tertiary/aromatic N) is 2. The number of aliphatic carboxylic acids is 1. The summed E-state index contributed by atoms with van der Waals surface area (Å²) in [6, 6.07) is -0.957. The second kappa shape index (κ2) is 3.86. The van der Waals surface area contributed by atoms with Gasteiger partial charge in [0.05, 0.1) is 0 Å². The van der Waals surface area contributed by atoms with Crippen LogP contribution in [-0.4, -0.2) is 38.2 Å². The van der Waals surface area contributed by atoms with E-state index in [0.29, 0.717) is 5.82 Å². The maximum Gasteiger partial charge on any atom is 0.325 e. The van der Waals surface area contributed by atoms with Crippen LogP contribution in [0.5, 0.6) is 0 Å². The molecule has 0 saturated heterocycles. The molecule has 1 heterocycles. The van der Waals surface area contributed by atoms with Gasteiger partial charge in [-0.15, -0.1) is 5.10 Å². The summed E-state index contributed by atoms with van der Waals surface area (Å²) in [5.41, 5.74) is 0. The van der Waals surface area contributed by atoms with E-state index in [1.54, 1.807) is 6.92 Å². The average Bonchev–Trinajstić information content (AvgIpc) is 2.51. The van der Waals surface area contributed by atoms with Crippen LogP contribution in [0.25, 0.3) is 0 Å². The van der Waals surface area contributed by atoms with Gasteiger partial charge in [-0.2, -0.15) is 0 Å². The SMILES string of the molecule is Cc1nc(C(=O)N[C@@H](C)C(=O)O)n[nH]1. The topological polar surface area (TPSA) is 108 Å². The Morgan fingerprint density at radius 1 is 1.57 bits per heavy atom. The fourth-order valence-corrected chi connectivity index (χ4v) is 0.767. The van der Waals surface area contributed by atoms with E-state index in [1.165, 1.54) is 6.92 Å². The predicted octanol–water partition coefficient (Wildman–Crippen LogP) is -0.684. The Hall–Kier alpha value is -1.92. The molecule has 0 unspecified atom stereocenters. The summed E-state index contributed by atoms with van der Waals surface area (Å²) in [5, 5.41) is 16.8. The van der Waals surface area contributed by atoms with Crippen molar-refractivity contribution in [1.82, 2.24) is 20.5 Å². The highest BCUT2D eigenvalue weighted by Gasteiger charge is 2.17. The lowest BCUT2D eigenvalue weighted by Crippen LogP contribution is -2.38. The average molecular weight is 198 g/mol. The van der Waals surface area contributed by atoms with Crippen molar-refractivity contribution in [2.24, 2.45) is 0 Å². The molecule has 0 saturated carbocycles. The first-order valence-electron chi connectivity index (χ1n) is 3.93. The molecule has 1 aromatic rings. The minimum Gasteiger partial charge on any atom is -0.480 e. The number of carbonyl (C=O) groups is 2. The Morgan fingerprint density at radius 3 is 2.64 bits per heavy atom. The third-order valence-corrected chi connectivity index (χ3v) is 1.52. The van der Waals surface area contributed by atoms with Crippen molar-refractivity contribution in [3.63, 3.8) is 0 Å². The van der Waals surface area contributed by atoms with Gasteiger partial charge in [-0.1, -0.05) is 0 Å². The van der Waals surface area contributed by atoms with Crippen LogP contribution in [-0.2, 0) is 4.79 Å². The van der Waals surface area contributed by atoms with Gasteiger partial charge in [-0.25, -0.2) is 4.98 Å². The number of aryl methyl sites for hydroxylation is 1. The Bertz CT molecular complexity index is 360. The monoisotopic (exact) mass is 198 g/mol. The summed E-state index contributed by atoms with van der Waals surface area (Å²) in [4.78, 5) is 25.4. The fraction of sp³-hybridized carbons (Fsp3) is 0.429. The van der Waals surface area contributed by atoms with Gasteiger partial charge in [0.1, 0.15) is 11.9 Å². The number of H-pyrrole nitrogens is 1. The molecule has 1 amide bonds. The quantitative estimate of drug-likeness (QED) is 0.596. The predicted molar refractivity (Wildman–Crippen MR) is 45.7 cm³/mol. The number of carboxylic acid groups (broad SMARTS) is 1. The number of carbonyl (C=O) groups excluding carboxylic acids is 1. The number of rotatable bonds is 3. The van der Waals surface area contributed by atoms with E-state index in [-0.39, 0.29) is 5.82 Å². The van der Waals surface area contributed by atoms with E-state index in [0.717, 1.165) is 0 Å². The number of hydrogen-bond donors (Lipinski definition) is 3. The van der Waals surface area contributed by atoms with Crippen molar-refractivity contribution < 1.29 is 14.7 Å². The smallest absolute Gasteiger partial charge is 0.325 e. The number of aromatic nitrogens is 3. The van der Waals surface area contributed by atoms with Crippen LogP contribution in [0.2, 0.25) is 0 Å². The zero-order chi connectivity index (χ0) is 10.7. The summed E-state index contributed by atoms with van der Waals surface area (Å²) >= 11 is 0. The van der Waals surface area contributed by atoms with Crippen molar-refractivity contribution in [3.8, 4) is 0 Å². The zero-order valence-electron chi connectivity index (χ0n) is 7.74. The minimum absolute atomic E-state index is 0.0596. The summed E-state index contributed by atoms with van der Waals surface area (Å²) in [5.74, 6) is -1.27. The van der Waals surface area contributed by atoms with Crippen LogP contribution < -0.4 is 5.32 Å². The number of aromatic amines is 1. The number of nitrogens with one attached hydrogen (secondary N) is 2. The number of carboxylic acids is 1. The van der Waals surface area contributed by atoms with Gasteiger partial charge in [-0.05, 0) is 13.8 Å². The van der Waals surface area contributed by atoms with Crippen molar-refractivity contribution in [1.29, 1.82) is 0 Å². The third kappa shape index (κ3) is 2.28. The molecule has 0 aromatic carbocycles. The van der Waals surface area contributed by atoms with Crippen LogP contribution in [0.4, 0.5) is 0 Å². The summed E-state index contributed by atoms with van der Waals surface area (Å²) in [7, 11) is 0. The van der Waals surface area contributed by atoms with Gasteiger partial charge >= 0.3 is 5.97 Å². The standard InChI is InChI=1S/C7H10N4O3/c1-3(7(13)14)8-6(12)5-9-4(2)10-11-5/h3H,1-2H3,(H,8,12)(H,13,14)(H,9,10,11)/t3-/m0/s1. The Labute approximate surface area is 79.5 Å². The van der Waals surface area contributed by atoms with Gasteiger partial charge in [0.2, 0.25) is 5.82 Å². The van der Waals surface area contributed by atoms with Crippen LogP contribution in [0, 0.1) is 6.92 Å². The second-order valence-electron chi connectivity index (χ2n) is 2.78. The molecule has 7 heteroatoms. The van der Waals surface area contributed by atoms with Crippen molar-refractivity contribution in [2.45, 2.75) is 19.9 Å². The molecule has 0 aliphatic heterocycles. The molecule has 0 aliphatic rings. The zero-order valence-corrected chi connectivity index (χ0v) is 7.74. The van der Waals surface area contributed by atoms with E-state index in [1.807, 2.05) is 0 Å². The van der Waals surface area contributed by atoms with Crippen LogP contribution in [0.15, 0.2) is 0 Å². The molecule has 0 radical (unpaired) electrons. The molecule has 1 aromatic heterocycles. The van der Waals surface area contributed by atoms with Gasteiger partial charge in [0.15, 0.2) is 0 Å². The van der Waals surface area contributed by atoms with E-state index in [9.17, 15) is 9.59 Å². The van der Waals surface area contributed by atoms with E-state index in [2.05, 4.69) is 20.5 Å². The molecule has 0 aliphatic carbocycles. The summed E-state index contributed by atoms with van der Waals surface area (Å²) in [6.07, 6.45) is 0. The lowest BCUT2D eigenvalue weighted by Gasteiger charge is -2.05. The van der Waals surface area contributed by atoms with Crippen molar-refractivity contribution in [3.05, 3.63) is 11.6 Å². The van der Waals surface area contributed by atoms with Crippen LogP contribution in [0.1, 0.15) is 23.4 Å². The largest absolute Gasteiger partial charge is 0.480 e. The van der Waals surface area contributed by atoms with E-state index in [4.69, 9.17) is 5.11 Å². The summed E-state index contributed by atoms with van der Waals surface area (Å²) in [6.45, 7) is 3.00. The third-order valence-electron chi connectivity index (χ3n) is 1.52. The van der Waals surface area contributed by atoms with Gasteiger partial charge in [0, 0.05) is 0 Å². The Morgan fingerprint density at radius 2 is 2.21 bits per heavy atom. The maximum absolute atomic E-state index is 11.3. The van der Waals surface area contributed by atoms with Crippen LogP contribution >= 0.6 is 0 Å². The lowest BCUT2D eigenvalue weighted by molar-refractivity contribution is -0.138. The van der Waals surface area contributed by atoms with E-state index < -0.39 is 17.9 Å². The molecule has 1 atom stereocenters. The number of hydrogen-bond acceptors (Lipinski definition) is 4. The molecule has 7 nitrogen and oxygen atoms in total. The molecule has 0 spiro atoms. The second-order valence-corrected chi connectivity index (χ2v) is 2.78. The normalized spacial score (nSPS) is 12.1. The molecule has 1 rings (SSSR count). The highest BCUT2D eigenvalue weighted by Crippen LogP contribution is 1.92. The molecular formula is C7H10N4O3. The Balaban J connectivity index is 2.63. The minimum atomic E-state index is -1.11. The van der Waals surface area contributed by atoms with E-state index >= 15 is 0 Å². The molecule has 0 fully saturated rings. The first-order chi connectivity index (χ1) is 6.50. The van der Waals surface area contributed by atoms with Gasteiger partial charge in [-0.3, -0.25) is 14.7 Å². The Kier molecular flexibility index (Phi) is 2.80. The van der Waals surface area contributed by atoms with Crippen molar-refractivity contribution >= 4 is 11.9 Å². The van der Waals surface area contributed by atoms with Gasteiger partial charge in [0.25, 0.3) is 5.91 Å². The molecule has 14 heavy (non-hydrogen) atoms. The first kappa shape index (κ1) is 10.2.